The number of hydrogen-bond donors (Lipinski definition) is 1. The molecule has 1 aliphatic rings. The molecule has 3 nitrogen and oxygen atoms in total. The fraction of sp³-hybridized carbons (Fsp3) is 0.692. The van der Waals surface area contributed by atoms with Crippen LogP contribution in [0.25, 0.3) is 0 Å². The van der Waals surface area contributed by atoms with Crippen LogP contribution in [0, 0.1) is 6.92 Å². The van der Waals surface area contributed by atoms with Gasteiger partial charge in [0.25, 0.3) is 0 Å². The fourth-order valence-electron chi connectivity index (χ4n) is 1.97. The predicted octanol–water partition coefficient (Wildman–Crippen LogP) is 3.22. The summed E-state index contributed by atoms with van der Waals surface area (Å²) in [5, 5.41) is 3.55. The summed E-state index contributed by atoms with van der Waals surface area (Å²) in [5.74, 6) is 4.85. The highest BCUT2D eigenvalue weighted by Gasteiger charge is 2.14. The topological polar surface area (TPSA) is 37.8 Å². The molecule has 0 aliphatic carbocycles. The molecule has 0 aromatic carbocycles. The molecule has 1 aromatic rings. The average molecular weight is 251 g/mol. The van der Waals surface area contributed by atoms with Crippen molar-refractivity contribution in [3.63, 3.8) is 0 Å². The zero-order valence-corrected chi connectivity index (χ0v) is 11.7. The Hall–Kier alpha value is -0.770. The molecule has 0 unspecified atom stereocenters. The number of thioether (sulfide) groups is 1. The standard InChI is InChI=1S/C13H21N3S/c1-9(2)13-14-10(3)8-12(16-13)15-11-4-6-17-7-5-11/h8-9,11H,4-7H2,1-3H3,(H,14,15,16). The Balaban J connectivity index is 2.09. The number of aromatic nitrogens is 2. The third kappa shape index (κ3) is 3.60. The molecule has 0 atom stereocenters. The van der Waals surface area contributed by atoms with Crippen LogP contribution in [0.15, 0.2) is 6.07 Å². The summed E-state index contributed by atoms with van der Waals surface area (Å²) in [6, 6.07) is 2.64. The van der Waals surface area contributed by atoms with E-state index >= 15 is 0 Å². The van der Waals surface area contributed by atoms with E-state index in [1.165, 1.54) is 24.3 Å². The van der Waals surface area contributed by atoms with Gasteiger partial charge in [-0.3, -0.25) is 0 Å². The lowest BCUT2D eigenvalue weighted by atomic mass is 10.1. The Kier molecular flexibility index (Phi) is 4.26. The zero-order chi connectivity index (χ0) is 12.3. The van der Waals surface area contributed by atoms with Crippen LogP contribution >= 0.6 is 11.8 Å². The van der Waals surface area contributed by atoms with Gasteiger partial charge in [-0.25, -0.2) is 9.97 Å². The smallest absolute Gasteiger partial charge is 0.133 e. The number of anilines is 1. The summed E-state index contributed by atoms with van der Waals surface area (Å²) in [6.45, 7) is 6.31. The van der Waals surface area contributed by atoms with Crippen LogP contribution in [0.4, 0.5) is 5.82 Å². The Labute approximate surface area is 108 Å². The van der Waals surface area contributed by atoms with Gasteiger partial charge in [-0.2, -0.15) is 11.8 Å². The summed E-state index contributed by atoms with van der Waals surface area (Å²) in [4.78, 5) is 9.07. The van der Waals surface area contributed by atoms with Crippen molar-refractivity contribution >= 4 is 17.6 Å². The second kappa shape index (κ2) is 5.71. The van der Waals surface area contributed by atoms with Crippen LogP contribution in [0.2, 0.25) is 0 Å². The molecule has 1 aliphatic heterocycles. The first-order valence-corrected chi connectivity index (χ1v) is 7.50. The fourth-order valence-corrected chi connectivity index (χ4v) is 3.08. The van der Waals surface area contributed by atoms with Gasteiger partial charge in [0.2, 0.25) is 0 Å². The molecule has 2 heterocycles. The van der Waals surface area contributed by atoms with E-state index in [1.54, 1.807) is 0 Å². The van der Waals surface area contributed by atoms with Gasteiger partial charge in [0.05, 0.1) is 0 Å². The van der Waals surface area contributed by atoms with Gasteiger partial charge < -0.3 is 5.32 Å². The van der Waals surface area contributed by atoms with Crippen molar-refractivity contribution in [1.82, 2.24) is 9.97 Å². The van der Waals surface area contributed by atoms with Crippen molar-refractivity contribution in [2.45, 2.75) is 45.6 Å². The summed E-state index contributed by atoms with van der Waals surface area (Å²) in [7, 11) is 0. The number of hydrogen-bond acceptors (Lipinski definition) is 4. The normalized spacial score (nSPS) is 17.4. The van der Waals surface area contributed by atoms with Crippen molar-refractivity contribution < 1.29 is 0 Å². The van der Waals surface area contributed by atoms with Crippen LogP contribution in [0.3, 0.4) is 0 Å². The van der Waals surface area contributed by atoms with E-state index in [0.717, 1.165) is 17.3 Å². The SMILES string of the molecule is Cc1cc(NC2CCSCC2)nc(C(C)C)n1. The number of aryl methyl sites for hydroxylation is 1. The van der Waals surface area contributed by atoms with Crippen molar-refractivity contribution in [2.24, 2.45) is 0 Å². The quantitative estimate of drug-likeness (QED) is 0.895. The molecule has 4 heteroatoms. The molecule has 0 spiro atoms. The van der Waals surface area contributed by atoms with E-state index in [-0.39, 0.29) is 0 Å². The van der Waals surface area contributed by atoms with E-state index in [1.807, 2.05) is 24.8 Å². The van der Waals surface area contributed by atoms with Crippen LogP contribution in [-0.4, -0.2) is 27.5 Å². The van der Waals surface area contributed by atoms with Gasteiger partial charge in [0, 0.05) is 23.7 Å². The average Bonchev–Trinajstić information content (AvgIpc) is 2.29. The summed E-state index contributed by atoms with van der Waals surface area (Å²) >= 11 is 2.05. The Morgan fingerprint density at radius 1 is 1.29 bits per heavy atom. The van der Waals surface area contributed by atoms with Crippen LogP contribution in [0.5, 0.6) is 0 Å². The molecule has 0 amide bonds. The van der Waals surface area contributed by atoms with E-state index < -0.39 is 0 Å². The highest BCUT2D eigenvalue weighted by atomic mass is 32.2. The lowest BCUT2D eigenvalue weighted by Gasteiger charge is -2.23. The highest BCUT2D eigenvalue weighted by molar-refractivity contribution is 7.99. The first-order valence-electron chi connectivity index (χ1n) is 6.35. The van der Waals surface area contributed by atoms with Crippen molar-refractivity contribution in [3.8, 4) is 0 Å². The minimum Gasteiger partial charge on any atom is -0.367 e. The molecule has 94 valence electrons. The van der Waals surface area contributed by atoms with Gasteiger partial charge in [-0.1, -0.05) is 13.8 Å². The van der Waals surface area contributed by atoms with E-state index in [9.17, 15) is 0 Å². The summed E-state index contributed by atoms with van der Waals surface area (Å²) < 4.78 is 0. The van der Waals surface area contributed by atoms with Gasteiger partial charge in [0.15, 0.2) is 0 Å². The lowest BCUT2D eigenvalue weighted by molar-refractivity contribution is 0.660. The molecular weight excluding hydrogens is 230 g/mol. The largest absolute Gasteiger partial charge is 0.367 e. The maximum atomic E-state index is 4.60. The summed E-state index contributed by atoms with van der Waals surface area (Å²) in [6.07, 6.45) is 2.48. The number of nitrogens with one attached hydrogen (secondary N) is 1. The summed E-state index contributed by atoms with van der Waals surface area (Å²) in [5.41, 5.74) is 1.05. The molecule has 0 saturated carbocycles. The molecule has 2 rings (SSSR count). The van der Waals surface area contributed by atoms with Gasteiger partial charge in [0.1, 0.15) is 11.6 Å². The monoisotopic (exact) mass is 251 g/mol. The van der Waals surface area contributed by atoms with Crippen LogP contribution < -0.4 is 5.32 Å². The maximum Gasteiger partial charge on any atom is 0.133 e. The second-order valence-corrected chi connectivity index (χ2v) is 6.16. The Morgan fingerprint density at radius 2 is 2.00 bits per heavy atom. The van der Waals surface area contributed by atoms with E-state index in [4.69, 9.17) is 0 Å². The first-order chi connectivity index (χ1) is 8.15. The molecule has 1 saturated heterocycles. The second-order valence-electron chi connectivity index (χ2n) is 4.94. The van der Waals surface area contributed by atoms with E-state index in [2.05, 4.69) is 29.1 Å². The highest BCUT2D eigenvalue weighted by Crippen LogP contribution is 2.21. The van der Waals surface area contributed by atoms with Crippen LogP contribution in [0.1, 0.15) is 44.1 Å². The maximum absolute atomic E-state index is 4.60. The first kappa shape index (κ1) is 12.7. The van der Waals surface area contributed by atoms with Crippen LogP contribution in [-0.2, 0) is 0 Å². The molecule has 17 heavy (non-hydrogen) atoms. The number of rotatable bonds is 3. The minimum absolute atomic E-state index is 0.386. The van der Waals surface area contributed by atoms with Gasteiger partial charge in [-0.05, 0) is 31.3 Å². The van der Waals surface area contributed by atoms with E-state index in [0.29, 0.717) is 12.0 Å². The third-order valence-electron chi connectivity index (χ3n) is 2.96. The van der Waals surface area contributed by atoms with Crippen molar-refractivity contribution in [2.75, 3.05) is 16.8 Å². The molecular formula is C13H21N3S. The molecule has 1 aromatic heterocycles. The van der Waals surface area contributed by atoms with Crippen molar-refractivity contribution in [3.05, 3.63) is 17.6 Å². The Morgan fingerprint density at radius 3 is 2.65 bits per heavy atom. The zero-order valence-electron chi connectivity index (χ0n) is 10.9. The minimum atomic E-state index is 0.386. The molecule has 0 radical (unpaired) electrons. The number of nitrogens with zero attached hydrogens (tertiary/aromatic N) is 2. The van der Waals surface area contributed by atoms with Crippen molar-refractivity contribution in [1.29, 1.82) is 0 Å². The van der Waals surface area contributed by atoms with Gasteiger partial charge in [-0.15, -0.1) is 0 Å². The third-order valence-corrected chi connectivity index (χ3v) is 4.01. The Bertz CT molecular complexity index is 373. The predicted molar refractivity (Wildman–Crippen MR) is 74.8 cm³/mol. The van der Waals surface area contributed by atoms with Gasteiger partial charge >= 0.3 is 0 Å². The molecule has 1 fully saturated rings. The molecule has 1 N–H and O–H groups in total. The molecule has 0 bridgehead atoms. The lowest BCUT2D eigenvalue weighted by Crippen LogP contribution is -2.25.